The van der Waals surface area contributed by atoms with Gasteiger partial charge in [-0.2, -0.15) is 0 Å². The molecule has 6 heteroatoms. The third-order valence-electron chi connectivity index (χ3n) is 2.42. The first-order valence-electron chi connectivity index (χ1n) is 5.88. The quantitative estimate of drug-likeness (QED) is 0.792. The van der Waals surface area contributed by atoms with Gasteiger partial charge in [0.05, 0.1) is 5.69 Å². The van der Waals surface area contributed by atoms with Crippen molar-refractivity contribution in [2.45, 2.75) is 6.54 Å². The molecule has 0 saturated heterocycles. The van der Waals surface area contributed by atoms with Crippen molar-refractivity contribution in [3.05, 3.63) is 40.7 Å². The van der Waals surface area contributed by atoms with Crippen molar-refractivity contribution >= 4 is 17.4 Å². The Morgan fingerprint density at radius 1 is 1.37 bits per heavy atom. The molecular weight excluding hydrogens is 262 g/mol. The number of thiazole rings is 1. The molecule has 19 heavy (non-hydrogen) atoms. The zero-order valence-electron chi connectivity index (χ0n) is 10.3. The van der Waals surface area contributed by atoms with Crippen molar-refractivity contribution in [1.82, 2.24) is 10.3 Å². The highest BCUT2D eigenvalue weighted by molar-refractivity contribution is 7.09. The molecule has 2 rings (SSSR count). The first-order valence-corrected chi connectivity index (χ1v) is 6.76. The van der Waals surface area contributed by atoms with Crippen molar-refractivity contribution in [3.63, 3.8) is 0 Å². The number of carbonyl (C=O) groups is 1. The molecule has 1 amide bonds. The van der Waals surface area contributed by atoms with Gasteiger partial charge in [0.1, 0.15) is 11.6 Å². The molecule has 0 bridgehead atoms. The van der Waals surface area contributed by atoms with E-state index in [0.717, 1.165) is 16.3 Å². The van der Waals surface area contributed by atoms with Crippen molar-refractivity contribution in [2.24, 2.45) is 5.73 Å². The highest BCUT2D eigenvalue weighted by Crippen LogP contribution is 2.21. The van der Waals surface area contributed by atoms with Crippen LogP contribution in [-0.2, 0) is 11.3 Å². The number of carbonyl (C=O) groups excluding carboxylic acids is 1. The van der Waals surface area contributed by atoms with Gasteiger partial charge in [0.25, 0.3) is 0 Å². The number of hydrogen-bond donors (Lipinski definition) is 2. The van der Waals surface area contributed by atoms with Crippen LogP contribution in [0.25, 0.3) is 11.3 Å². The number of amides is 1. The van der Waals surface area contributed by atoms with Crippen molar-refractivity contribution in [2.75, 3.05) is 13.2 Å². The van der Waals surface area contributed by atoms with Crippen LogP contribution < -0.4 is 11.1 Å². The molecule has 0 fully saturated rings. The van der Waals surface area contributed by atoms with Gasteiger partial charge in [0.2, 0.25) is 0 Å². The van der Waals surface area contributed by atoms with Gasteiger partial charge in [-0.25, -0.2) is 9.78 Å². The van der Waals surface area contributed by atoms with Crippen LogP contribution in [0.15, 0.2) is 35.7 Å². The maximum Gasteiger partial charge on any atom is 0.404 e. The Bertz CT molecular complexity index is 528. The van der Waals surface area contributed by atoms with Gasteiger partial charge in [-0.15, -0.1) is 11.3 Å². The second kappa shape index (κ2) is 6.86. The van der Waals surface area contributed by atoms with E-state index in [1.807, 2.05) is 35.7 Å². The molecule has 1 heterocycles. The summed E-state index contributed by atoms with van der Waals surface area (Å²) in [6.45, 7) is 1.48. The molecule has 0 aliphatic heterocycles. The van der Waals surface area contributed by atoms with E-state index < -0.39 is 6.09 Å². The lowest BCUT2D eigenvalue weighted by molar-refractivity contribution is 0.157. The molecule has 1 aromatic heterocycles. The number of ether oxygens (including phenoxy) is 1. The van der Waals surface area contributed by atoms with E-state index in [-0.39, 0.29) is 6.61 Å². The molecular formula is C13H15N3O2S. The number of aromatic nitrogens is 1. The van der Waals surface area contributed by atoms with E-state index >= 15 is 0 Å². The van der Waals surface area contributed by atoms with Gasteiger partial charge >= 0.3 is 6.09 Å². The summed E-state index contributed by atoms with van der Waals surface area (Å²) in [7, 11) is 0. The molecule has 0 aliphatic rings. The predicted molar refractivity (Wildman–Crippen MR) is 74.8 cm³/mol. The van der Waals surface area contributed by atoms with Crippen LogP contribution >= 0.6 is 11.3 Å². The minimum Gasteiger partial charge on any atom is -0.448 e. The Hall–Kier alpha value is -1.92. The van der Waals surface area contributed by atoms with Crippen LogP contribution in [-0.4, -0.2) is 24.2 Å². The van der Waals surface area contributed by atoms with Crippen LogP contribution in [0.5, 0.6) is 0 Å². The molecule has 2 aromatic rings. The average Bonchev–Trinajstić information content (AvgIpc) is 2.88. The number of benzene rings is 1. The number of nitrogens with zero attached hydrogens (tertiary/aromatic N) is 1. The summed E-state index contributed by atoms with van der Waals surface area (Å²) in [4.78, 5) is 14.9. The van der Waals surface area contributed by atoms with Crippen LogP contribution in [0.3, 0.4) is 0 Å². The molecule has 3 N–H and O–H groups in total. The lowest BCUT2D eigenvalue weighted by Crippen LogP contribution is -2.23. The summed E-state index contributed by atoms with van der Waals surface area (Å²) >= 11 is 1.60. The topological polar surface area (TPSA) is 77.2 Å². The summed E-state index contributed by atoms with van der Waals surface area (Å²) in [6.07, 6.45) is -0.748. The van der Waals surface area contributed by atoms with Gasteiger partial charge < -0.3 is 15.8 Å². The largest absolute Gasteiger partial charge is 0.448 e. The van der Waals surface area contributed by atoms with E-state index in [1.165, 1.54) is 0 Å². The Morgan fingerprint density at radius 2 is 2.16 bits per heavy atom. The minimum absolute atomic E-state index is 0.270. The second-order valence-electron chi connectivity index (χ2n) is 3.84. The molecule has 0 atom stereocenters. The fourth-order valence-corrected chi connectivity index (χ4v) is 2.33. The maximum absolute atomic E-state index is 10.4. The zero-order valence-corrected chi connectivity index (χ0v) is 11.2. The fourth-order valence-electron chi connectivity index (χ4n) is 1.55. The van der Waals surface area contributed by atoms with Gasteiger partial charge in [-0.1, -0.05) is 30.3 Å². The monoisotopic (exact) mass is 277 g/mol. The van der Waals surface area contributed by atoms with E-state index in [9.17, 15) is 4.79 Å². The first-order chi connectivity index (χ1) is 9.25. The number of nitrogens with two attached hydrogens (primary N) is 1. The van der Waals surface area contributed by atoms with Crippen LogP contribution in [0.1, 0.15) is 5.01 Å². The molecule has 0 spiro atoms. The molecule has 100 valence electrons. The van der Waals surface area contributed by atoms with E-state index in [0.29, 0.717) is 13.1 Å². The summed E-state index contributed by atoms with van der Waals surface area (Å²) in [5, 5.41) is 6.17. The minimum atomic E-state index is -0.748. The van der Waals surface area contributed by atoms with E-state index in [4.69, 9.17) is 5.73 Å². The van der Waals surface area contributed by atoms with Crippen LogP contribution in [0, 0.1) is 0 Å². The number of primary amides is 1. The normalized spacial score (nSPS) is 10.3. The Labute approximate surface area is 115 Å². The number of rotatable bonds is 6. The third kappa shape index (κ3) is 4.35. The number of hydrogen-bond acceptors (Lipinski definition) is 5. The summed E-state index contributed by atoms with van der Waals surface area (Å²) in [5.74, 6) is 0. The molecule has 0 aliphatic carbocycles. The van der Waals surface area contributed by atoms with Crippen molar-refractivity contribution < 1.29 is 9.53 Å². The zero-order chi connectivity index (χ0) is 13.5. The maximum atomic E-state index is 10.4. The van der Waals surface area contributed by atoms with Crippen LogP contribution in [0.4, 0.5) is 4.79 Å². The lowest BCUT2D eigenvalue weighted by atomic mass is 10.2. The van der Waals surface area contributed by atoms with E-state index in [1.54, 1.807) is 11.3 Å². The van der Waals surface area contributed by atoms with Gasteiger partial charge in [0.15, 0.2) is 0 Å². The Morgan fingerprint density at radius 3 is 2.89 bits per heavy atom. The third-order valence-corrected chi connectivity index (χ3v) is 3.27. The SMILES string of the molecule is NC(=O)OCCNCc1nc(-c2ccccc2)cs1. The molecule has 0 radical (unpaired) electrons. The molecule has 0 saturated carbocycles. The van der Waals surface area contributed by atoms with Crippen LogP contribution in [0.2, 0.25) is 0 Å². The smallest absolute Gasteiger partial charge is 0.404 e. The van der Waals surface area contributed by atoms with Gasteiger partial charge in [-0.3, -0.25) is 0 Å². The molecule has 1 aromatic carbocycles. The Balaban J connectivity index is 1.80. The number of nitrogens with one attached hydrogen (secondary N) is 1. The molecule has 0 unspecified atom stereocenters. The van der Waals surface area contributed by atoms with Gasteiger partial charge in [0, 0.05) is 24.0 Å². The average molecular weight is 277 g/mol. The van der Waals surface area contributed by atoms with E-state index in [2.05, 4.69) is 15.0 Å². The predicted octanol–water partition coefficient (Wildman–Crippen LogP) is 2.00. The highest BCUT2D eigenvalue weighted by Gasteiger charge is 2.03. The van der Waals surface area contributed by atoms with Gasteiger partial charge in [-0.05, 0) is 0 Å². The van der Waals surface area contributed by atoms with Crippen molar-refractivity contribution in [1.29, 1.82) is 0 Å². The molecule has 5 nitrogen and oxygen atoms in total. The lowest BCUT2D eigenvalue weighted by Gasteiger charge is -2.02. The van der Waals surface area contributed by atoms with Crippen molar-refractivity contribution in [3.8, 4) is 11.3 Å². The standard InChI is InChI=1S/C13H15N3O2S/c14-13(17)18-7-6-15-8-12-16-11(9-19-12)10-4-2-1-3-5-10/h1-5,9,15H,6-8H2,(H2,14,17). The highest BCUT2D eigenvalue weighted by atomic mass is 32.1. The first kappa shape index (κ1) is 13.5. The Kier molecular flexibility index (Phi) is 4.88. The summed E-state index contributed by atoms with van der Waals surface area (Å²) in [5.41, 5.74) is 6.95. The fraction of sp³-hybridized carbons (Fsp3) is 0.231. The summed E-state index contributed by atoms with van der Waals surface area (Å²) in [6, 6.07) is 10.0. The second-order valence-corrected chi connectivity index (χ2v) is 4.78. The summed E-state index contributed by atoms with van der Waals surface area (Å²) < 4.78 is 4.61.